The molecule has 3 N–H and O–H groups in total. The summed E-state index contributed by atoms with van der Waals surface area (Å²) in [5, 5.41) is 9.84. The van der Waals surface area contributed by atoms with E-state index in [0.717, 1.165) is 6.07 Å². The SMILES string of the molecule is CC(=O)Nc1ccccc1C(=O)NC1CCC(Nc2cc(C(F)(F)F)nc3ccc(Cl)cc23)CC1. The third-order valence-corrected chi connectivity index (χ3v) is 6.20. The van der Waals surface area contributed by atoms with Crippen LogP contribution in [0.5, 0.6) is 0 Å². The van der Waals surface area contributed by atoms with E-state index < -0.39 is 11.9 Å². The zero-order valence-electron chi connectivity index (χ0n) is 18.9. The molecule has 3 aromatic rings. The van der Waals surface area contributed by atoms with Gasteiger partial charge in [0.05, 0.1) is 16.8 Å². The lowest BCUT2D eigenvalue weighted by atomic mass is 9.90. The molecule has 0 atom stereocenters. The molecule has 10 heteroatoms. The summed E-state index contributed by atoms with van der Waals surface area (Å²) in [6.45, 7) is 1.38. The molecule has 184 valence electrons. The van der Waals surface area contributed by atoms with E-state index in [4.69, 9.17) is 11.6 Å². The summed E-state index contributed by atoms with van der Waals surface area (Å²) in [4.78, 5) is 28.0. The maximum absolute atomic E-state index is 13.4. The Hall–Kier alpha value is -3.33. The van der Waals surface area contributed by atoms with Gasteiger partial charge in [0.2, 0.25) is 5.91 Å². The first-order valence-corrected chi connectivity index (χ1v) is 11.6. The van der Waals surface area contributed by atoms with E-state index >= 15 is 0 Å². The number of carbonyl (C=O) groups excluding carboxylic acids is 2. The number of nitrogens with one attached hydrogen (secondary N) is 3. The molecule has 0 aliphatic heterocycles. The molecule has 0 unspecified atom stereocenters. The van der Waals surface area contributed by atoms with Crippen molar-refractivity contribution >= 4 is 45.7 Å². The molecular formula is C25H24ClF3N4O2. The predicted molar refractivity (Wildman–Crippen MR) is 130 cm³/mol. The number of benzene rings is 2. The van der Waals surface area contributed by atoms with Crippen molar-refractivity contribution in [2.75, 3.05) is 10.6 Å². The maximum atomic E-state index is 13.4. The fourth-order valence-electron chi connectivity index (χ4n) is 4.31. The highest BCUT2D eigenvalue weighted by atomic mass is 35.5. The minimum Gasteiger partial charge on any atom is -0.382 e. The number of fused-ring (bicyclic) bond motifs is 1. The average molecular weight is 505 g/mol. The van der Waals surface area contributed by atoms with Crippen LogP contribution in [-0.2, 0) is 11.0 Å². The van der Waals surface area contributed by atoms with Crippen molar-refractivity contribution in [3.8, 4) is 0 Å². The van der Waals surface area contributed by atoms with Gasteiger partial charge in [-0.05, 0) is 62.1 Å². The maximum Gasteiger partial charge on any atom is 0.433 e. The summed E-state index contributed by atoms with van der Waals surface area (Å²) < 4.78 is 40.2. The Bertz CT molecular complexity index is 1260. The quantitative estimate of drug-likeness (QED) is 0.397. The monoisotopic (exact) mass is 504 g/mol. The minimum atomic E-state index is -4.57. The molecule has 1 aliphatic rings. The molecule has 4 rings (SSSR count). The first kappa shape index (κ1) is 24.8. The van der Waals surface area contributed by atoms with Gasteiger partial charge in [-0.2, -0.15) is 13.2 Å². The molecule has 1 fully saturated rings. The van der Waals surface area contributed by atoms with Crippen molar-refractivity contribution in [2.24, 2.45) is 0 Å². The highest BCUT2D eigenvalue weighted by Gasteiger charge is 2.34. The van der Waals surface area contributed by atoms with Gasteiger partial charge in [0, 0.05) is 35.1 Å². The number of para-hydroxylation sites is 1. The van der Waals surface area contributed by atoms with Gasteiger partial charge in [-0.15, -0.1) is 0 Å². The molecular weight excluding hydrogens is 481 g/mol. The zero-order valence-corrected chi connectivity index (χ0v) is 19.6. The van der Waals surface area contributed by atoms with Gasteiger partial charge in [-0.3, -0.25) is 9.59 Å². The average Bonchev–Trinajstić information content (AvgIpc) is 2.80. The Morgan fingerprint density at radius 1 is 0.971 bits per heavy atom. The second-order valence-electron chi connectivity index (χ2n) is 8.61. The van der Waals surface area contributed by atoms with Crippen molar-refractivity contribution < 1.29 is 22.8 Å². The van der Waals surface area contributed by atoms with E-state index in [1.165, 1.54) is 19.1 Å². The largest absolute Gasteiger partial charge is 0.433 e. The van der Waals surface area contributed by atoms with Crippen molar-refractivity contribution in [1.29, 1.82) is 0 Å². The van der Waals surface area contributed by atoms with Crippen LogP contribution in [0.25, 0.3) is 10.9 Å². The van der Waals surface area contributed by atoms with E-state index in [1.807, 2.05) is 0 Å². The standard InChI is InChI=1S/C25H24ClF3N4O2/c1-14(34)30-20-5-3-2-4-18(20)24(35)32-17-9-7-16(8-10-17)31-22-13-23(25(27,28)29)33-21-11-6-15(26)12-19(21)22/h2-6,11-13,16-17H,7-10H2,1H3,(H,30,34)(H,31,33)(H,32,35). The highest BCUT2D eigenvalue weighted by molar-refractivity contribution is 6.31. The van der Waals surface area contributed by atoms with Crippen LogP contribution in [0.1, 0.15) is 48.7 Å². The number of aromatic nitrogens is 1. The molecule has 1 aromatic heterocycles. The van der Waals surface area contributed by atoms with E-state index in [0.29, 0.717) is 53.0 Å². The number of pyridine rings is 1. The second-order valence-corrected chi connectivity index (χ2v) is 9.04. The number of carbonyl (C=O) groups is 2. The fourth-order valence-corrected chi connectivity index (χ4v) is 4.48. The first-order chi connectivity index (χ1) is 16.6. The third-order valence-electron chi connectivity index (χ3n) is 5.97. The van der Waals surface area contributed by atoms with Crippen LogP contribution in [0.4, 0.5) is 24.5 Å². The number of amides is 2. The fraction of sp³-hybridized carbons (Fsp3) is 0.320. The van der Waals surface area contributed by atoms with Crippen LogP contribution >= 0.6 is 11.6 Å². The van der Waals surface area contributed by atoms with Crippen molar-refractivity contribution in [3.05, 3.63) is 64.8 Å². The smallest absolute Gasteiger partial charge is 0.382 e. The van der Waals surface area contributed by atoms with Crippen LogP contribution in [0, 0.1) is 0 Å². The van der Waals surface area contributed by atoms with E-state index in [2.05, 4.69) is 20.9 Å². The molecule has 2 aromatic carbocycles. The van der Waals surface area contributed by atoms with E-state index in [-0.39, 0.29) is 29.4 Å². The van der Waals surface area contributed by atoms with Crippen LogP contribution < -0.4 is 16.0 Å². The van der Waals surface area contributed by atoms with Crippen LogP contribution in [0.15, 0.2) is 48.5 Å². The Morgan fingerprint density at radius 3 is 2.34 bits per heavy atom. The van der Waals surface area contributed by atoms with Gasteiger partial charge < -0.3 is 16.0 Å². The van der Waals surface area contributed by atoms with E-state index in [1.54, 1.807) is 30.3 Å². The van der Waals surface area contributed by atoms with Gasteiger partial charge in [0.25, 0.3) is 5.91 Å². The van der Waals surface area contributed by atoms with Crippen LogP contribution in [0.2, 0.25) is 5.02 Å². The second kappa shape index (κ2) is 10.1. The molecule has 6 nitrogen and oxygen atoms in total. The van der Waals surface area contributed by atoms with Crippen molar-refractivity contribution in [2.45, 2.75) is 50.9 Å². The Morgan fingerprint density at radius 2 is 1.66 bits per heavy atom. The number of halogens is 4. The highest BCUT2D eigenvalue weighted by Crippen LogP contribution is 2.35. The number of rotatable bonds is 5. The van der Waals surface area contributed by atoms with Crippen LogP contribution in [0.3, 0.4) is 0 Å². The van der Waals surface area contributed by atoms with Gasteiger partial charge in [-0.1, -0.05) is 23.7 Å². The third kappa shape index (κ3) is 6.03. The van der Waals surface area contributed by atoms with Crippen LogP contribution in [-0.4, -0.2) is 28.9 Å². The first-order valence-electron chi connectivity index (χ1n) is 11.2. The molecule has 1 aliphatic carbocycles. The molecule has 1 saturated carbocycles. The van der Waals surface area contributed by atoms with E-state index in [9.17, 15) is 22.8 Å². The number of hydrogen-bond donors (Lipinski definition) is 3. The van der Waals surface area contributed by atoms with Gasteiger partial charge >= 0.3 is 6.18 Å². The molecule has 0 spiro atoms. The summed E-state index contributed by atoms with van der Waals surface area (Å²) in [7, 11) is 0. The summed E-state index contributed by atoms with van der Waals surface area (Å²) in [5.41, 5.74) is 0.403. The topological polar surface area (TPSA) is 83.1 Å². The summed E-state index contributed by atoms with van der Waals surface area (Å²) in [5.74, 6) is -0.550. The molecule has 0 radical (unpaired) electrons. The lowest BCUT2D eigenvalue weighted by molar-refractivity contribution is -0.140. The van der Waals surface area contributed by atoms with Gasteiger partial charge in [0.1, 0.15) is 5.69 Å². The van der Waals surface area contributed by atoms with Gasteiger partial charge in [-0.25, -0.2) is 4.98 Å². The molecule has 1 heterocycles. The predicted octanol–water partition coefficient (Wildman–Crippen LogP) is 6.02. The number of anilines is 2. The molecule has 2 amide bonds. The van der Waals surface area contributed by atoms with Gasteiger partial charge in [0.15, 0.2) is 0 Å². The normalized spacial score (nSPS) is 18.2. The summed E-state index contributed by atoms with van der Waals surface area (Å²) >= 11 is 6.08. The lowest BCUT2D eigenvalue weighted by Crippen LogP contribution is -2.40. The zero-order chi connectivity index (χ0) is 25.2. The molecule has 35 heavy (non-hydrogen) atoms. The summed E-state index contributed by atoms with van der Waals surface area (Å²) in [6, 6.07) is 12.2. The minimum absolute atomic E-state index is 0.0690. The Kier molecular flexibility index (Phi) is 7.16. The molecule has 0 saturated heterocycles. The number of nitrogens with zero attached hydrogens (tertiary/aromatic N) is 1. The lowest BCUT2D eigenvalue weighted by Gasteiger charge is -2.31. The summed E-state index contributed by atoms with van der Waals surface area (Å²) in [6.07, 6.45) is -1.95. The Labute approximate surface area is 205 Å². The molecule has 0 bridgehead atoms. The number of hydrogen-bond acceptors (Lipinski definition) is 4. The Balaban J connectivity index is 1.43. The number of alkyl halides is 3. The van der Waals surface area contributed by atoms with Crippen molar-refractivity contribution in [3.63, 3.8) is 0 Å². The van der Waals surface area contributed by atoms with Crippen molar-refractivity contribution in [1.82, 2.24) is 10.3 Å².